The Hall–Kier alpha value is -6.34. The van der Waals surface area contributed by atoms with Crippen molar-refractivity contribution >= 4 is 82.1 Å². The number of hydrogen-bond acceptors (Lipinski definition) is 11. The van der Waals surface area contributed by atoms with Crippen molar-refractivity contribution in [2.75, 3.05) is 38.1 Å². The largest absolute Gasteiger partial charge is 0.483 e. The summed E-state index contributed by atoms with van der Waals surface area (Å²) in [5.41, 5.74) is 0.286. The Morgan fingerprint density at radius 3 is 2.18 bits per heavy atom. The molecular weight excluding hydrogens is 849 g/mol. The number of piperidine rings is 2. The second kappa shape index (κ2) is 21.0. The van der Waals surface area contributed by atoms with Crippen LogP contribution in [-0.2, 0) is 24.0 Å². The second-order valence-corrected chi connectivity index (χ2v) is 15.7. The molecule has 4 heterocycles. The van der Waals surface area contributed by atoms with E-state index in [4.69, 9.17) is 27.9 Å². The minimum absolute atomic E-state index is 0.00365. The molecule has 1 atom stereocenters. The highest BCUT2D eigenvalue weighted by Crippen LogP contribution is 2.34. The number of amides is 9. The van der Waals surface area contributed by atoms with E-state index in [-0.39, 0.29) is 87.4 Å². The number of halogens is 2. The van der Waals surface area contributed by atoms with Crippen molar-refractivity contribution in [3.8, 4) is 5.75 Å². The number of imide groups is 2. The topological polar surface area (TPSA) is 258 Å². The Labute approximate surface area is 365 Å². The molecule has 3 aliphatic heterocycles. The first-order valence-corrected chi connectivity index (χ1v) is 21.0. The zero-order chi connectivity index (χ0) is 44.3. The van der Waals surface area contributed by atoms with Gasteiger partial charge in [-0.2, -0.15) is 5.10 Å². The summed E-state index contributed by atoms with van der Waals surface area (Å²) in [7, 11) is 0. The van der Waals surface area contributed by atoms with Gasteiger partial charge in [-0.25, -0.2) is 0 Å². The zero-order valence-electron chi connectivity index (χ0n) is 33.5. The maximum atomic E-state index is 13.2. The van der Waals surface area contributed by atoms with Crippen LogP contribution in [0.3, 0.4) is 0 Å². The fourth-order valence-corrected chi connectivity index (χ4v) is 7.88. The molecule has 6 rings (SSSR count). The molecule has 62 heavy (non-hydrogen) atoms. The van der Waals surface area contributed by atoms with Gasteiger partial charge in [0, 0.05) is 51.5 Å². The van der Waals surface area contributed by atoms with Gasteiger partial charge in [0.05, 0.1) is 38.6 Å². The molecular formula is C41H45Cl2N9O10. The molecule has 1 unspecified atom stereocenters. The molecule has 0 aliphatic carbocycles. The van der Waals surface area contributed by atoms with E-state index in [1.807, 2.05) is 0 Å². The number of carbonyl (C=O) groups is 9. The first-order valence-electron chi connectivity index (χ1n) is 20.2. The maximum absolute atomic E-state index is 13.2. The molecule has 6 N–H and O–H groups in total. The minimum atomic E-state index is -1.12. The van der Waals surface area contributed by atoms with Crippen LogP contribution in [0.15, 0.2) is 42.6 Å². The zero-order valence-corrected chi connectivity index (χ0v) is 35.0. The molecule has 328 valence electrons. The number of hydrogen-bond donors (Lipinski definition) is 6. The lowest BCUT2D eigenvalue weighted by atomic mass is 10.0. The summed E-state index contributed by atoms with van der Waals surface area (Å²) in [6.45, 7) is 1.22. The third kappa shape index (κ3) is 11.1. The Bertz CT molecular complexity index is 2240. The number of benzene rings is 2. The Balaban J connectivity index is 0.797. The van der Waals surface area contributed by atoms with Gasteiger partial charge in [0.25, 0.3) is 29.5 Å². The van der Waals surface area contributed by atoms with Crippen LogP contribution in [0.1, 0.15) is 106 Å². The van der Waals surface area contributed by atoms with Crippen LogP contribution in [0.5, 0.6) is 5.75 Å². The fraction of sp³-hybridized carbons (Fsp3) is 0.415. The number of anilines is 1. The van der Waals surface area contributed by atoms with Crippen LogP contribution >= 0.6 is 23.2 Å². The lowest BCUT2D eigenvalue weighted by molar-refractivity contribution is -0.136. The van der Waals surface area contributed by atoms with Crippen molar-refractivity contribution in [3.63, 3.8) is 0 Å². The van der Waals surface area contributed by atoms with Gasteiger partial charge in [0.2, 0.25) is 23.6 Å². The second-order valence-electron chi connectivity index (χ2n) is 14.9. The molecule has 3 aliphatic rings. The standard InChI is InChI=1S/C41H45Cl2N9O10/c42-25-8-6-9-26(43)35(25)38(58)48-27-21-46-50-36(27)39(59)47-23-15-19-51(20-16-23)33(56)14-13-30(53)44-17-3-1-2-4-18-45-32(55)22-62-29-10-5-7-24-34(29)41(61)52(40(24)60)28-11-12-31(54)49-37(28)57/h5-10,21,23,28H,1-4,11-20,22H2,(H,44,53)(H,45,55)(H,46,50)(H,47,59)(H,48,58)(H,49,54,57). The lowest BCUT2D eigenvalue weighted by Gasteiger charge is -2.32. The van der Waals surface area contributed by atoms with Gasteiger partial charge in [-0.15, -0.1) is 0 Å². The predicted octanol–water partition coefficient (Wildman–Crippen LogP) is 2.74. The Kier molecular flexibility index (Phi) is 15.3. The van der Waals surface area contributed by atoms with Crippen molar-refractivity contribution in [2.24, 2.45) is 0 Å². The molecule has 0 spiro atoms. The molecule has 21 heteroatoms. The van der Waals surface area contributed by atoms with E-state index in [1.165, 1.54) is 36.5 Å². The molecule has 19 nitrogen and oxygen atoms in total. The highest BCUT2D eigenvalue weighted by Gasteiger charge is 2.46. The monoisotopic (exact) mass is 893 g/mol. The number of carbonyl (C=O) groups excluding carboxylic acids is 9. The van der Waals surface area contributed by atoms with E-state index in [1.54, 1.807) is 11.0 Å². The van der Waals surface area contributed by atoms with Crippen molar-refractivity contribution in [3.05, 3.63) is 75.0 Å². The van der Waals surface area contributed by atoms with Gasteiger partial charge in [0.15, 0.2) is 6.61 Å². The number of H-pyrrole nitrogens is 1. The van der Waals surface area contributed by atoms with E-state index in [2.05, 4.69) is 36.8 Å². The SMILES string of the molecule is O=C(CCC(=O)N1CCC(NC(=O)c2[nH]ncc2NC(=O)c2c(Cl)cccc2Cl)CC1)NCCCCCCNC(=O)COc1cccc2c1C(=O)N(C1CCC(=O)NC1=O)C2=O. The summed E-state index contributed by atoms with van der Waals surface area (Å²) in [6.07, 6.45) is 5.38. The molecule has 2 aromatic carbocycles. The van der Waals surface area contributed by atoms with E-state index in [0.29, 0.717) is 51.9 Å². The van der Waals surface area contributed by atoms with Crippen LogP contribution in [-0.4, -0.2) is 118 Å². The average molecular weight is 895 g/mol. The molecule has 3 aromatic rings. The van der Waals surface area contributed by atoms with Crippen LogP contribution in [0, 0.1) is 0 Å². The molecule has 0 saturated carbocycles. The number of nitrogens with zero attached hydrogens (tertiary/aromatic N) is 3. The average Bonchev–Trinajstić information content (AvgIpc) is 3.81. The summed E-state index contributed by atoms with van der Waals surface area (Å²) >= 11 is 12.3. The van der Waals surface area contributed by atoms with Crippen LogP contribution < -0.4 is 31.3 Å². The van der Waals surface area contributed by atoms with Crippen molar-refractivity contribution in [1.29, 1.82) is 0 Å². The predicted molar refractivity (Wildman–Crippen MR) is 222 cm³/mol. The highest BCUT2D eigenvalue weighted by atomic mass is 35.5. The maximum Gasteiger partial charge on any atom is 0.271 e. The number of likely N-dealkylation sites (tertiary alicyclic amines) is 1. The number of rotatable bonds is 18. The summed E-state index contributed by atoms with van der Waals surface area (Å²) in [5.74, 6) is -4.44. The molecule has 1 aromatic heterocycles. The Morgan fingerprint density at radius 1 is 0.806 bits per heavy atom. The third-order valence-electron chi connectivity index (χ3n) is 10.6. The summed E-state index contributed by atoms with van der Waals surface area (Å²) in [6, 6.07) is 7.73. The number of aromatic nitrogens is 2. The highest BCUT2D eigenvalue weighted by molar-refractivity contribution is 6.40. The molecule has 2 fully saturated rings. The number of nitrogens with one attached hydrogen (secondary N) is 6. The van der Waals surface area contributed by atoms with Gasteiger partial charge in [0.1, 0.15) is 17.5 Å². The molecule has 2 saturated heterocycles. The first-order chi connectivity index (χ1) is 29.8. The minimum Gasteiger partial charge on any atom is -0.483 e. The molecule has 0 bridgehead atoms. The number of fused-ring (bicyclic) bond motifs is 1. The first kappa shape index (κ1) is 45.2. The van der Waals surface area contributed by atoms with Gasteiger partial charge >= 0.3 is 0 Å². The molecule has 0 radical (unpaired) electrons. The normalized spacial score (nSPS) is 16.4. The number of aromatic amines is 1. The van der Waals surface area contributed by atoms with E-state index in [9.17, 15) is 43.2 Å². The van der Waals surface area contributed by atoms with Crippen LogP contribution in [0.2, 0.25) is 10.0 Å². The Morgan fingerprint density at radius 2 is 1.48 bits per heavy atom. The van der Waals surface area contributed by atoms with E-state index >= 15 is 0 Å². The summed E-state index contributed by atoms with van der Waals surface area (Å²) in [4.78, 5) is 116. The van der Waals surface area contributed by atoms with E-state index in [0.717, 1.165) is 17.7 Å². The number of ether oxygens (including phenoxy) is 1. The summed E-state index contributed by atoms with van der Waals surface area (Å²) in [5, 5.41) is 20.1. The summed E-state index contributed by atoms with van der Waals surface area (Å²) < 4.78 is 5.60. The van der Waals surface area contributed by atoms with Gasteiger partial charge in [-0.05, 0) is 56.4 Å². The molecule has 9 amide bonds. The van der Waals surface area contributed by atoms with Crippen molar-refractivity contribution in [2.45, 2.75) is 76.3 Å². The fourth-order valence-electron chi connectivity index (χ4n) is 7.31. The lowest BCUT2D eigenvalue weighted by Crippen LogP contribution is -2.54. The van der Waals surface area contributed by atoms with Gasteiger partial charge in [-0.3, -0.25) is 58.5 Å². The van der Waals surface area contributed by atoms with Gasteiger partial charge in [-0.1, -0.05) is 48.2 Å². The number of unbranched alkanes of at least 4 members (excludes halogenated alkanes) is 3. The van der Waals surface area contributed by atoms with Crippen LogP contribution in [0.25, 0.3) is 0 Å². The van der Waals surface area contributed by atoms with Crippen molar-refractivity contribution in [1.82, 2.24) is 41.3 Å². The van der Waals surface area contributed by atoms with Crippen LogP contribution in [0.4, 0.5) is 5.69 Å². The quantitative estimate of drug-likeness (QED) is 0.0800. The van der Waals surface area contributed by atoms with E-state index < -0.39 is 54.0 Å². The third-order valence-corrected chi connectivity index (χ3v) is 11.2. The van der Waals surface area contributed by atoms with Crippen molar-refractivity contribution < 1.29 is 47.9 Å². The smallest absolute Gasteiger partial charge is 0.271 e. The van der Waals surface area contributed by atoms with Gasteiger partial charge < -0.3 is 30.9 Å².